The summed E-state index contributed by atoms with van der Waals surface area (Å²) in [6, 6.07) is 8.28. The molecule has 0 radical (unpaired) electrons. The highest BCUT2D eigenvalue weighted by Crippen LogP contribution is 2.44. The molecule has 1 N–H and O–H groups in total. The molecule has 2 aromatic carbocycles. The smallest absolute Gasteiger partial charge is 0.504 e. The van der Waals surface area contributed by atoms with E-state index in [2.05, 4.69) is 10.1 Å². The van der Waals surface area contributed by atoms with Crippen LogP contribution in [0.1, 0.15) is 12.6 Å². The topological polar surface area (TPSA) is 127 Å². The first-order valence-corrected chi connectivity index (χ1v) is 10.6. The number of carbonyl (C=O) groups excluding carboxylic acids is 1. The molecule has 0 atom stereocenters. The Hall–Kier alpha value is -4.54. The van der Waals surface area contributed by atoms with Crippen molar-refractivity contribution in [1.82, 2.24) is 19.7 Å². The van der Waals surface area contributed by atoms with E-state index in [1.54, 1.807) is 35.9 Å². The van der Waals surface area contributed by atoms with E-state index >= 15 is 0 Å². The molecule has 0 bridgehead atoms. The summed E-state index contributed by atoms with van der Waals surface area (Å²) in [7, 11) is 4.50. The zero-order valence-corrected chi connectivity index (χ0v) is 19.6. The molecule has 0 saturated heterocycles. The molecule has 182 valence electrons. The SMILES string of the molecule is CCOC(=O)Oc1c(Cn2cncn2)nc2cc(OC)c(OC)cc2c1-c1ccc(O)c(OC)c1. The van der Waals surface area contributed by atoms with Gasteiger partial charge in [-0.15, -0.1) is 0 Å². The molecular formula is C24H24N4O7. The summed E-state index contributed by atoms with van der Waals surface area (Å²) in [4.78, 5) is 21.2. The van der Waals surface area contributed by atoms with Gasteiger partial charge in [0, 0.05) is 17.0 Å². The van der Waals surface area contributed by atoms with Crippen LogP contribution in [0, 0.1) is 0 Å². The minimum Gasteiger partial charge on any atom is -0.504 e. The van der Waals surface area contributed by atoms with Gasteiger partial charge in [0.15, 0.2) is 28.7 Å². The lowest BCUT2D eigenvalue weighted by Crippen LogP contribution is -2.15. The number of aromatic hydroxyl groups is 1. The normalized spacial score (nSPS) is 10.7. The molecular weight excluding hydrogens is 456 g/mol. The summed E-state index contributed by atoms with van der Waals surface area (Å²) in [5, 5.41) is 14.9. The largest absolute Gasteiger partial charge is 0.513 e. The van der Waals surface area contributed by atoms with Gasteiger partial charge in [-0.2, -0.15) is 5.10 Å². The van der Waals surface area contributed by atoms with E-state index < -0.39 is 6.16 Å². The molecule has 11 nitrogen and oxygen atoms in total. The van der Waals surface area contributed by atoms with E-state index in [1.807, 2.05) is 0 Å². The van der Waals surface area contributed by atoms with Crippen LogP contribution in [0.15, 0.2) is 43.0 Å². The minimum atomic E-state index is -0.888. The summed E-state index contributed by atoms with van der Waals surface area (Å²) in [5.41, 5.74) is 2.05. The number of benzene rings is 2. The fraction of sp³-hybridized carbons (Fsp3) is 0.250. The standard InChI is InChI=1S/C24H24N4O7/c1-5-34-24(30)35-23-17(11-28-13-25-12-26-28)27-16-10-21(33-4)20(32-3)9-15(16)22(23)14-6-7-18(29)19(8-14)31-2/h6-10,12-13,29H,5,11H2,1-4H3. The van der Waals surface area contributed by atoms with Crippen molar-refractivity contribution in [1.29, 1.82) is 0 Å². The Bertz CT molecular complexity index is 1360. The van der Waals surface area contributed by atoms with E-state index in [9.17, 15) is 9.90 Å². The molecule has 0 spiro atoms. The van der Waals surface area contributed by atoms with E-state index in [0.717, 1.165) is 0 Å². The van der Waals surface area contributed by atoms with Crippen LogP contribution in [0.25, 0.3) is 22.0 Å². The summed E-state index contributed by atoms with van der Waals surface area (Å²) >= 11 is 0. The number of phenols is 1. The maximum absolute atomic E-state index is 12.5. The number of ether oxygens (including phenoxy) is 5. The molecule has 0 fully saturated rings. The van der Waals surface area contributed by atoms with Gasteiger partial charge in [0.1, 0.15) is 18.3 Å². The molecule has 11 heteroatoms. The second-order valence-electron chi connectivity index (χ2n) is 7.25. The van der Waals surface area contributed by atoms with Gasteiger partial charge in [0.2, 0.25) is 0 Å². The lowest BCUT2D eigenvalue weighted by atomic mass is 9.97. The minimum absolute atomic E-state index is 0.0374. The second kappa shape index (κ2) is 10.2. The maximum atomic E-state index is 12.5. The fourth-order valence-electron chi connectivity index (χ4n) is 3.66. The lowest BCUT2D eigenvalue weighted by Gasteiger charge is -2.19. The molecule has 0 amide bonds. The zero-order valence-electron chi connectivity index (χ0n) is 19.6. The van der Waals surface area contributed by atoms with Crippen LogP contribution in [0.5, 0.6) is 28.7 Å². The number of aromatic nitrogens is 4. The molecule has 2 aromatic heterocycles. The van der Waals surface area contributed by atoms with Gasteiger partial charge in [-0.1, -0.05) is 6.07 Å². The van der Waals surface area contributed by atoms with Crippen molar-refractivity contribution < 1.29 is 33.6 Å². The molecule has 0 aliphatic heterocycles. The fourth-order valence-corrected chi connectivity index (χ4v) is 3.66. The number of hydrogen-bond acceptors (Lipinski definition) is 10. The Kier molecular flexibility index (Phi) is 6.86. The van der Waals surface area contributed by atoms with Crippen LogP contribution in [-0.4, -0.2) is 58.9 Å². The summed E-state index contributed by atoms with van der Waals surface area (Å²) < 4.78 is 28.6. The van der Waals surface area contributed by atoms with Crippen LogP contribution >= 0.6 is 0 Å². The van der Waals surface area contributed by atoms with Crippen LogP contribution in [0.3, 0.4) is 0 Å². The molecule has 0 unspecified atom stereocenters. The quantitative estimate of drug-likeness (QED) is 0.372. The van der Waals surface area contributed by atoms with Crippen molar-refractivity contribution in [2.24, 2.45) is 0 Å². The highest BCUT2D eigenvalue weighted by atomic mass is 16.7. The summed E-state index contributed by atoms with van der Waals surface area (Å²) in [6.45, 7) is 1.96. The van der Waals surface area contributed by atoms with E-state index in [0.29, 0.717) is 39.2 Å². The molecule has 0 saturated carbocycles. The number of fused-ring (bicyclic) bond motifs is 1. The van der Waals surface area contributed by atoms with Crippen molar-refractivity contribution >= 4 is 17.1 Å². The highest BCUT2D eigenvalue weighted by Gasteiger charge is 2.24. The Morgan fingerprint density at radius 1 is 1.03 bits per heavy atom. The van der Waals surface area contributed by atoms with Crippen molar-refractivity contribution in [2.45, 2.75) is 13.5 Å². The van der Waals surface area contributed by atoms with Crippen LogP contribution < -0.4 is 18.9 Å². The first kappa shape index (κ1) is 23.6. The number of pyridine rings is 1. The molecule has 0 aliphatic carbocycles. The predicted molar refractivity (Wildman–Crippen MR) is 125 cm³/mol. The highest BCUT2D eigenvalue weighted by molar-refractivity contribution is 6.00. The van der Waals surface area contributed by atoms with Crippen LogP contribution in [0.2, 0.25) is 0 Å². The molecule has 4 rings (SSSR count). The van der Waals surface area contributed by atoms with Crippen LogP contribution in [0.4, 0.5) is 4.79 Å². The molecule has 0 aliphatic rings. The molecule has 4 aromatic rings. The van der Waals surface area contributed by atoms with Gasteiger partial charge in [-0.25, -0.2) is 19.4 Å². The van der Waals surface area contributed by atoms with Gasteiger partial charge >= 0.3 is 6.16 Å². The summed E-state index contributed by atoms with van der Waals surface area (Å²) in [5.74, 6) is 1.30. The van der Waals surface area contributed by atoms with Gasteiger partial charge in [-0.05, 0) is 30.7 Å². The first-order valence-electron chi connectivity index (χ1n) is 10.6. The van der Waals surface area contributed by atoms with Crippen molar-refractivity contribution in [3.05, 3.63) is 48.7 Å². The molecule has 2 heterocycles. The number of hydrogen-bond donors (Lipinski definition) is 1. The zero-order chi connectivity index (χ0) is 24.9. The van der Waals surface area contributed by atoms with E-state index in [1.165, 1.54) is 40.1 Å². The van der Waals surface area contributed by atoms with Crippen LogP contribution in [-0.2, 0) is 11.3 Å². The third-order valence-corrected chi connectivity index (χ3v) is 5.21. The Balaban J connectivity index is 2.07. The Morgan fingerprint density at radius 2 is 1.77 bits per heavy atom. The first-order chi connectivity index (χ1) is 17.0. The monoisotopic (exact) mass is 480 g/mol. The third-order valence-electron chi connectivity index (χ3n) is 5.21. The average Bonchev–Trinajstić information content (AvgIpc) is 3.37. The Morgan fingerprint density at radius 3 is 2.43 bits per heavy atom. The van der Waals surface area contributed by atoms with Gasteiger partial charge in [0.25, 0.3) is 0 Å². The average molecular weight is 480 g/mol. The third kappa shape index (κ3) is 4.74. The van der Waals surface area contributed by atoms with Gasteiger partial charge < -0.3 is 28.8 Å². The number of carbonyl (C=O) groups is 1. The Labute approximate surface area is 200 Å². The maximum Gasteiger partial charge on any atom is 0.513 e. The lowest BCUT2D eigenvalue weighted by molar-refractivity contribution is 0.104. The van der Waals surface area contributed by atoms with Gasteiger partial charge in [-0.3, -0.25) is 0 Å². The van der Waals surface area contributed by atoms with Crippen molar-refractivity contribution in [3.63, 3.8) is 0 Å². The molecule has 35 heavy (non-hydrogen) atoms. The van der Waals surface area contributed by atoms with E-state index in [4.69, 9.17) is 28.7 Å². The van der Waals surface area contributed by atoms with Crippen molar-refractivity contribution in [2.75, 3.05) is 27.9 Å². The number of rotatable bonds is 8. The number of nitrogens with zero attached hydrogens (tertiary/aromatic N) is 4. The van der Waals surface area contributed by atoms with Gasteiger partial charge in [0.05, 0.1) is 40.0 Å². The number of methoxy groups -OCH3 is 3. The second-order valence-corrected chi connectivity index (χ2v) is 7.25. The predicted octanol–water partition coefficient (Wildman–Crippen LogP) is 3.81. The summed E-state index contributed by atoms with van der Waals surface area (Å²) in [6.07, 6.45) is 2.03. The number of phenolic OH excluding ortho intramolecular Hbond substituents is 1. The van der Waals surface area contributed by atoms with E-state index in [-0.39, 0.29) is 30.4 Å². The van der Waals surface area contributed by atoms with Crippen molar-refractivity contribution in [3.8, 4) is 39.9 Å².